The van der Waals surface area contributed by atoms with Crippen LogP contribution in [0, 0.1) is 0 Å². The number of aromatic hydroxyl groups is 1. The van der Waals surface area contributed by atoms with Crippen molar-refractivity contribution in [2.75, 3.05) is 0 Å². The van der Waals surface area contributed by atoms with Crippen LogP contribution in [0.3, 0.4) is 0 Å². The summed E-state index contributed by atoms with van der Waals surface area (Å²) in [5.41, 5.74) is 0.823. The highest BCUT2D eigenvalue weighted by Crippen LogP contribution is 2.33. The van der Waals surface area contributed by atoms with Gasteiger partial charge in [0.05, 0.1) is 10.0 Å². The summed E-state index contributed by atoms with van der Waals surface area (Å²) < 4.78 is 0. The SMILES string of the molecule is O=C(O)CCCc1cc(Cl)c(O)c(Cl)c1. The first-order chi connectivity index (χ1) is 7.00. The normalized spacial score (nSPS) is 10.3. The Hall–Kier alpha value is -0.930. The fraction of sp³-hybridized carbons (Fsp3) is 0.300. The second-order valence-electron chi connectivity index (χ2n) is 3.16. The number of hydrogen-bond donors (Lipinski definition) is 2. The Morgan fingerprint density at radius 3 is 2.27 bits per heavy atom. The zero-order valence-corrected chi connectivity index (χ0v) is 9.35. The molecule has 2 N–H and O–H groups in total. The van der Waals surface area contributed by atoms with Crippen LogP contribution in [0.25, 0.3) is 0 Å². The van der Waals surface area contributed by atoms with Gasteiger partial charge < -0.3 is 10.2 Å². The maximum absolute atomic E-state index is 10.3. The third-order valence-electron chi connectivity index (χ3n) is 1.93. The molecule has 0 saturated heterocycles. The predicted octanol–water partition coefficient (Wildman–Crippen LogP) is 3.11. The fourth-order valence-corrected chi connectivity index (χ4v) is 1.74. The molecule has 0 aliphatic heterocycles. The monoisotopic (exact) mass is 248 g/mol. The van der Waals surface area contributed by atoms with E-state index in [1.807, 2.05) is 0 Å². The minimum atomic E-state index is -0.828. The van der Waals surface area contributed by atoms with Crippen molar-refractivity contribution in [3.8, 4) is 5.75 Å². The third-order valence-corrected chi connectivity index (χ3v) is 2.51. The molecule has 0 saturated carbocycles. The van der Waals surface area contributed by atoms with Crippen LogP contribution in [-0.4, -0.2) is 16.2 Å². The number of benzene rings is 1. The Morgan fingerprint density at radius 2 is 1.80 bits per heavy atom. The van der Waals surface area contributed by atoms with Gasteiger partial charge in [0.25, 0.3) is 0 Å². The summed E-state index contributed by atoms with van der Waals surface area (Å²) in [5.74, 6) is -0.966. The maximum Gasteiger partial charge on any atom is 0.303 e. The molecule has 0 aliphatic carbocycles. The molecule has 1 aromatic rings. The molecule has 0 bridgehead atoms. The summed E-state index contributed by atoms with van der Waals surface area (Å²) in [6.07, 6.45) is 1.20. The van der Waals surface area contributed by atoms with Gasteiger partial charge in [0, 0.05) is 6.42 Å². The second-order valence-corrected chi connectivity index (χ2v) is 3.97. The van der Waals surface area contributed by atoms with Crippen molar-refractivity contribution in [2.45, 2.75) is 19.3 Å². The summed E-state index contributed by atoms with van der Waals surface area (Å²) in [5, 5.41) is 18.1. The topological polar surface area (TPSA) is 57.5 Å². The highest BCUT2D eigenvalue weighted by atomic mass is 35.5. The van der Waals surface area contributed by atoms with E-state index in [0.29, 0.717) is 12.8 Å². The number of phenols is 1. The first kappa shape index (κ1) is 12.1. The number of carboxylic acid groups (broad SMARTS) is 1. The molecule has 0 fully saturated rings. The molecule has 0 aromatic heterocycles. The number of carboxylic acids is 1. The Balaban J connectivity index is 2.66. The molecule has 0 aliphatic rings. The van der Waals surface area contributed by atoms with E-state index in [0.717, 1.165) is 5.56 Å². The van der Waals surface area contributed by atoms with Gasteiger partial charge in [-0.3, -0.25) is 4.79 Å². The van der Waals surface area contributed by atoms with Gasteiger partial charge in [-0.25, -0.2) is 0 Å². The Labute approximate surface area is 97.2 Å². The van der Waals surface area contributed by atoms with E-state index in [4.69, 9.17) is 28.3 Å². The molecule has 15 heavy (non-hydrogen) atoms. The van der Waals surface area contributed by atoms with E-state index < -0.39 is 5.97 Å². The minimum absolute atomic E-state index is 0.107. The first-order valence-corrected chi connectivity index (χ1v) is 5.15. The van der Waals surface area contributed by atoms with Crippen LogP contribution in [0.4, 0.5) is 0 Å². The van der Waals surface area contributed by atoms with E-state index >= 15 is 0 Å². The van der Waals surface area contributed by atoms with E-state index in [2.05, 4.69) is 0 Å². The molecule has 0 unspecified atom stereocenters. The van der Waals surface area contributed by atoms with Crippen molar-refractivity contribution in [3.05, 3.63) is 27.7 Å². The number of rotatable bonds is 4. The van der Waals surface area contributed by atoms with Gasteiger partial charge >= 0.3 is 5.97 Å². The molecular formula is C10H10Cl2O3. The minimum Gasteiger partial charge on any atom is -0.505 e. The van der Waals surface area contributed by atoms with Gasteiger partial charge in [0.15, 0.2) is 5.75 Å². The molecule has 0 radical (unpaired) electrons. The van der Waals surface area contributed by atoms with Crippen molar-refractivity contribution in [1.29, 1.82) is 0 Å². The van der Waals surface area contributed by atoms with Crippen molar-refractivity contribution in [1.82, 2.24) is 0 Å². The quantitative estimate of drug-likeness (QED) is 0.861. The van der Waals surface area contributed by atoms with Gasteiger partial charge in [0.1, 0.15) is 0 Å². The molecule has 82 valence electrons. The van der Waals surface area contributed by atoms with Crippen LogP contribution in [-0.2, 0) is 11.2 Å². The van der Waals surface area contributed by atoms with Gasteiger partial charge in [-0.05, 0) is 30.5 Å². The zero-order chi connectivity index (χ0) is 11.4. The smallest absolute Gasteiger partial charge is 0.303 e. The Bertz CT molecular complexity index is 354. The van der Waals surface area contributed by atoms with Gasteiger partial charge in [-0.15, -0.1) is 0 Å². The standard InChI is InChI=1S/C10H10Cl2O3/c11-7-4-6(2-1-3-9(13)14)5-8(12)10(7)15/h4-5,15H,1-3H2,(H,13,14). The highest BCUT2D eigenvalue weighted by molar-refractivity contribution is 6.37. The third kappa shape index (κ3) is 3.61. The molecular weight excluding hydrogens is 239 g/mol. The van der Waals surface area contributed by atoms with E-state index in [1.54, 1.807) is 12.1 Å². The number of aliphatic carboxylic acids is 1. The van der Waals surface area contributed by atoms with Crippen molar-refractivity contribution in [2.24, 2.45) is 0 Å². The Morgan fingerprint density at radius 1 is 1.27 bits per heavy atom. The fourth-order valence-electron chi connectivity index (χ4n) is 1.21. The van der Waals surface area contributed by atoms with Crippen LogP contribution in [0.2, 0.25) is 10.0 Å². The molecule has 3 nitrogen and oxygen atoms in total. The molecule has 1 rings (SSSR count). The average Bonchev–Trinajstić information content (AvgIpc) is 2.13. The number of hydrogen-bond acceptors (Lipinski definition) is 2. The van der Waals surface area contributed by atoms with E-state index in [9.17, 15) is 9.90 Å². The van der Waals surface area contributed by atoms with Gasteiger partial charge in [0.2, 0.25) is 0 Å². The van der Waals surface area contributed by atoms with Crippen LogP contribution >= 0.6 is 23.2 Å². The van der Waals surface area contributed by atoms with E-state index in [1.165, 1.54) is 0 Å². The molecule has 5 heteroatoms. The first-order valence-electron chi connectivity index (χ1n) is 4.39. The molecule has 0 spiro atoms. The lowest BCUT2D eigenvalue weighted by atomic mass is 10.1. The maximum atomic E-state index is 10.3. The van der Waals surface area contributed by atoms with Crippen LogP contribution < -0.4 is 0 Å². The highest BCUT2D eigenvalue weighted by Gasteiger charge is 2.07. The van der Waals surface area contributed by atoms with Gasteiger partial charge in [-0.2, -0.15) is 0 Å². The zero-order valence-electron chi connectivity index (χ0n) is 7.83. The molecule has 0 amide bonds. The summed E-state index contributed by atoms with van der Waals surface area (Å²) in [6, 6.07) is 3.18. The van der Waals surface area contributed by atoms with Gasteiger partial charge in [-0.1, -0.05) is 23.2 Å². The van der Waals surface area contributed by atoms with Crippen LogP contribution in [0.5, 0.6) is 5.75 Å². The molecule has 0 atom stereocenters. The number of aryl methyl sites for hydroxylation is 1. The number of carbonyl (C=O) groups is 1. The van der Waals surface area contributed by atoms with Crippen LogP contribution in [0.15, 0.2) is 12.1 Å². The lowest BCUT2D eigenvalue weighted by molar-refractivity contribution is -0.137. The van der Waals surface area contributed by atoms with Crippen molar-refractivity contribution in [3.63, 3.8) is 0 Å². The Kier molecular flexibility index (Phi) is 4.24. The average molecular weight is 249 g/mol. The summed E-state index contributed by atoms with van der Waals surface area (Å²) in [4.78, 5) is 10.3. The second kappa shape index (κ2) is 5.24. The van der Waals surface area contributed by atoms with E-state index in [-0.39, 0.29) is 22.2 Å². The number of halogens is 2. The molecule has 0 heterocycles. The summed E-state index contributed by atoms with van der Waals surface area (Å²) in [7, 11) is 0. The van der Waals surface area contributed by atoms with Crippen molar-refractivity contribution < 1.29 is 15.0 Å². The lowest BCUT2D eigenvalue weighted by Crippen LogP contribution is -1.95. The predicted molar refractivity (Wildman–Crippen MR) is 58.7 cm³/mol. The summed E-state index contributed by atoms with van der Waals surface area (Å²) >= 11 is 11.4. The van der Waals surface area contributed by atoms with Crippen molar-refractivity contribution >= 4 is 29.2 Å². The van der Waals surface area contributed by atoms with Crippen LogP contribution in [0.1, 0.15) is 18.4 Å². The lowest BCUT2D eigenvalue weighted by Gasteiger charge is -2.04. The number of phenolic OH excluding ortho intramolecular Hbond substituents is 1. The molecule has 1 aromatic carbocycles. The largest absolute Gasteiger partial charge is 0.505 e. The summed E-state index contributed by atoms with van der Waals surface area (Å²) in [6.45, 7) is 0.